The number of benzene rings is 2. The van der Waals surface area contributed by atoms with E-state index in [-0.39, 0.29) is 11.6 Å². The number of hydrogen-bond acceptors (Lipinski definition) is 1. The summed E-state index contributed by atoms with van der Waals surface area (Å²) in [6.07, 6.45) is -3.99. The van der Waals surface area contributed by atoms with Crippen LogP contribution in [0.5, 0.6) is 0 Å². The Balaban J connectivity index is 1.93. The fourth-order valence-electron chi connectivity index (χ4n) is 3.29. The molecule has 0 spiro atoms. The Hall–Kier alpha value is -2.30. The largest absolute Gasteiger partial charge is 0.416 e. The summed E-state index contributed by atoms with van der Waals surface area (Å²) in [6.45, 7) is 5.99. The van der Waals surface area contributed by atoms with E-state index < -0.39 is 17.2 Å². The Morgan fingerprint density at radius 1 is 1.08 bits per heavy atom. The molecule has 0 saturated carbocycles. The molecule has 1 N–H and O–H groups in total. The second-order valence-corrected chi connectivity index (χ2v) is 7.12. The van der Waals surface area contributed by atoms with Gasteiger partial charge in [0.15, 0.2) is 0 Å². The quantitative estimate of drug-likeness (QED) is 0.804. The lowest BCUT2D eigenvalue weighted by Crippen LogP contribution is -2.33. The van der Waals surface area contributed by atoms with E-state index in [1.807, 2.05) is 24.3 Å². The highest BCUT2D eigenvalue weighted by Gasteiger charge is 2.44. The van der Waals surface area contributed by atoms with Crippen LogP contribution in [0.1, 0.15) is 48.9 Å². The lowest BCUT2D eigenvalue weighted by atomic mass is 9.78. The second kappa shape index (κ2) is 5.90. The zero-order chi connectivity index (χ0) is 18.4. The Labute approximate surface area is 145 Å². The maximum atomic E-state index is 12.9. The predicted molar refractivity (Wildman–Crippen MR) is 91.7 cm³/mol. The van der Waals surface area contributed by atoms with Crippen LogP contribution >= 0.6 is 0 Å². The molecule has 1 unspecified atom stereocenters. The zero-order valence-electron chi connectivity index (χ0n) is 14.4. The fraction of sp³-hybridized carbons (Fsp3) is 0.350. The van der Waals surface area contributed by atoms with Gasteiger partial charge < -0.3 is 5.32 Å². The molecule has 1 heterocycles. The molecule has 0 aromatic heterocycles. The molecule has 2 aromatic carbocycles. The molecule has 25 heavy (non-hydrogen) atoms. The Morgan fingerprint density at radius 2 is 1.72 bits per heavy atom. The Bertz CT molecular complexity index is 809. The first-order valence-corrected chi connectivity index (χ1v) is 8.23. The summed E-state index contributed by atoms with van der Waals surface area (Å²) in [5.74, 6) is 0.149. The first kappa shape index (κ1) is 17.5. The molecule has 1 atom stereocenters. The molecule has 0 saturated heterocycles. The van der Waals surface area contributed by atoms with Gasteiger partial charge in [-0.15, -0.1) is 0 Å². The van der Waals surface area contributed by atoms with Crippen molar-refractivity contribution in [3.8, 4) is 0 Å². The van der Waals surface area contributed by atoms with Crippen LogP contribution in [-0.4, -0.2) is 5.91 Å². The van der Waals surface area contributed by atoms with Crippen molar-refractivity contribution < 1.29 is 18.0 Å². The van der Waals surface area contributed by atoms with Crippen LogP contribution in [0.4, 0.5) is 18.9 Å². The SMILES string of the molecule is CC(C)c1ccc(CC2(C)C(=O)Nc3cc(C(F)(F)F)ccc32)cc1. The number of carbonyl (C=O) groups excluding carboxylic acids is 1. The van der Waals surface area contributed by atoms with Gasteiger partial charge in [0, 0.05) is 5.69 Å². The van der Waals surface area contributed by atoms with Crippen molar-refractivity contribution in [1.29, 1.82) is 0 Å². The van der Waals surface area contributed by atoms with E-state index in [1.54, 1.807) is 6.92 Å². The van der Waals surface area contributed by atoms with Crippen LogP contribution in [0, 0.1) is 0 Å². The highest BCUT2D eigenvalue weighted by Crippen LogP contribution is 2.42. The van der Waals surface area contributed by atoms with E-state index in [1.165, 1.54) is 11.6 Å². The minimum atomic E-state index is -4.43. The lowest BCUT2D eigenvalue weighted by Gasteiger charge is -2.23. The van der Waals surface area contributed by atoms with Gasteiger partial charge in [0.2, 0.25) is 5.91 Å². The van der Waals surface area contributed by atoms with E-state index in [4.69, 9.17) is 0 Å². The molecule has 2 nitrogen and oxygen atoms in total. The van der Waals surface area contributed by atoms with Crippen LogP contribution in [0.2, 0.25) is 0 Å². The van der Waals surface area contributed by atoms with Gasteiger partial charge in [-0.2, -0.15) is 13.2 Å². The third-order valence-corrected chi connectivity index (χ3v) is 4.89. The molecule has 0 bridgehead atoms. The summed E-state index contributed by atoms with van der Waals surface area (Å²) in [7, 11) is 0. The van der Waals surface area contributed by atoms with E-state index in [9.17, 15) is 18.0 Å². The molecule has 3 rings (SSSR count). The molecule has 1 amide bonds. The molecule has 0 aliphatic carbocycles. The van der Waals surface area contributed by atoms with Crippen molar-refractivity contribution in [2.75, 3.05) is 5.32 Å². The van der Waals surface area contributed by atoms with Crippen molar-refractivity contribution in [3.05, 3.63) is 64.7 Å². The molecule has 0 fully saturated rings. The molecule has 5 heteroatoms. The predicted octanol–water partition coefficient (Wildman–Crippen LogP) is 5.28. The molecule has 132 valence electrons. The third-order valence-electron chi connectivity index (χ3n) is 4.89. The number of nitrogens with one attached hydrogen (secondary N) is 1. The van der Waals surface area contributed by atoms with Gasteiger partial charge in [0.05, 0.1) is 11.0 Å². The number of halogens is 3. The highest BCUT2D eigenvalue weighted by atomic mass is 19.4. The average Bonchev–Trinajstić information content (AvgIpc) is 2.77. The molecule has 1 aliphatic heterocycles. The standard InChI is InChI=1S/C20H20F3NO/c1-12(2)14-6-4-13(5-7-14)11-19(3)16-9-8-15(20(21,22)23)10-17(16)24-18(19)25/h4-10,12H,11H2,1-3H3,(H,24,25). The first-order chi connectivity index (χ1) is 11.6. The van der Waals surface area contributed by atoms with Crippen LogP contribution in [-0.2, 0) is 22.8 Å². The van der Waals surface area contributed by atoms with Gasteiger partial charge in [-0.3, -0.25) is 4.79 Å². The number of hydrogen-bond donors (Lipinski definition) is 1. The highest BCUT2D eigenvalue weighted by molar-refractivity contribution is 6.06. The summed E-state index contributed by atoms with van der Waals surface area (Å²) in [5, 5.41) is 2.61. The number of amides is 1. The summed E-state index contributed by atoms with van der Waals surface area (Å²) < 4.78 is 38.6. The van der Waals surface area contributed by atoms with Gasteiger partial charge >= 0.3 is 6.18 Å². The number of anilines is 1. The summed E-state index contributed by atoms with van der Waals surface area (Å²) >= 11 is 0. The second-order valence-electron chi connectivity index (χ2n) is 7.12. The number of alkyl halides is 3. The smallest absolute Gasteiger partial charge is 0.325 e. The minimum absolute atomic E-state index is 0.251. The zero-order valence-corrected chi connectivity index (χ0v) is 14.4. The van der Waals surface area contributed by atoms with Gasteiger partial charge in [0.1, 0.15) is 0 Å². The van der Waals surface area contributed by atoms with Crippen molar-refractivity contribution in [2.24, 2.45) is 0 Å². The van der Waals surface area contributed by atoms with Crippen LogP contribution in [0.15, 0.2) is 42.5 Å². The molecule has 2 aromatic rings. The maximum Gasteiger partial charge on any atom is 0.416 e. The molecular weight excluding hydrogens is 327 g/mol. The van der Waals surface area contributed by atoms with Crippen LogP contribution < -0.4 is 5.32 Å². The van der Waals surface area contributed by atoms with Gasteiger partial charge in [-0.1, -0.05) is 44.2 Å². The van der Waals surface area contributed by atoms with Gasteiger partial charge in [-0.05, 0) is 48.1 Å². The first-order valence-electron chi connectivity index (χ1n) is 8.23. The maximum absolute atomic E-state index is 12.9. The topological polar surface area (TPSA) is 29.1 Å². The number of rotatable bonds is 3. The summed E-state index contributed by atoms with van der Waals surface area (Å²) in [5.41, 5.74) is 1.42. The average molecular weight is 347 g/mol. The molecular formula is C20H20F3NO. The lowest BCUT2D eigenvalue weighted by molar-refractivity contribution is -0.137. The molecule has 1 aliphatic rings. The van der Waals surface area contributed by atoms with Gasteiger partial charge in [-0.25, -0.2) is 0 Å². The van der Waals surface area contributed by atoms with E-state index in [0.717, 1.165) is 17.7 Å². The van der Waals surface area contributed by atoms with Crippen LogP contribution in [0.25, 0.3) is 0 Å². The van der Waals surface area contributed by atoms with Crippen molar-refractivity contribution in [1.82, 2.24) is 0 Å². The summed E-state index contributed by atoms with van der Waals surface area (Å²) in [6, 6.07) is 11.5. The van der Waals surface area contributed by atoms with Crippen molar-refractivity contribution in [3.63, 3.8) is 0 Å². The third kappa shape index (κ3) is 3.15. The van der Waals surface area contributed by atoms with Crippen LogP contribution in [0.3, 0.4) is 0 Å². The fourth-order valence-corrected chi connectivity index (χ4v) is 3.29. The van der Waals surface area contributed by atoms with Gasteiger partial charge in [0.25, 0.3) is 0 Å². The van der Waals surface area contributed by atoms with E-state index >= 15 is 0 Å². The summed E-state index contributed by atoms with van der Waals surface area (Å²) in [4.78, 5) is 12.5. The minimum Gasteiger partial charge on any atom is -0.325 e. The van der Waals surface area contributed by atoms with Crippen molar-refractivity contribution >= 4 is 11.6 Å². The Kier molecular flexibility index (Phi) is 4.13. The van der Waals surface area contributed by atoms with E-state index in [0.29, 0.717) is 17.9 Å². The number of fused-ring (bicyclic) bond motifs is 1. The van der Waals surface area contributed by atoms with Crippen molar-refractivity contribution in [2.45, 2.75) is 44.7 Å². The monoisotopic (exact) mass is 347 g/mol. The number of carbonyl (C=O) groups is 1. The Morgan fingerprint density at radius 3 is 2.28 bits per heavy atom. The normalized spacial score (nSPS) is 19.9. The molecule has 0 radical (unpaired) electrons. The van der Waals surface area contributed by atoms with E-state index in [2.05, 4.69) is 19.2 Å².